The number of aryl methyl sites for hydroxylation is 2. The summed E-state index contributed by atoms with van der Waals surface area (Å²) in [6.45, 7) is 3.81. The Kier molecular flexibility index (Phi) is 3.48. The maximum atomic E-state index is 11.7. The molecule has 3 N–H and O–H groups in total. The van der Waals surface area contributed by atoms with Crippen LogP contribution in [0.4, 0.5) is 0 Å². The number of pyridine rings is 1. The number of nitrogens with two attached hydrogens (primary N) is 1. The van der Waals surface area contributed by atoms with Crippen LogP contribution in [0, 0.1) is 13.8 Å². The summed E-state index contributed by atoms with van der Waals surface area (Å²) in [5.41, 5.74) is 4.43. The first-order valence-corrected chi connectivity index (χ1v) is 5.84. The summed E-state index contributed by atoms with van der Waals surface area (Å²) in [7, 11) is 0. The molecule has 98 valence electrons. The van der Waals surface area contributed by atoms with Crippen LogP contribution in [0.2, 0.25) is 0 Å². The molecular formula is C14H15N3O2. The number of nitrogens with zero attached hydrogens (tertiary/aromatic N) is 1. The number of amides is 1. The largest absolute Gasteiger partial charge is 0.320 e. The number of carbonyl (C=O) groups excluding carboxylic acids is 1. The molecule has 0 saturated heterocycles. The van der Waals surface area contributed by atoms with Gasteiger partial charge >= 0.3 is 0 Å². The van der Waals surface area contributed by atoms with E-state index in [-0.39, 0.29) is 11.0 Å². The molecule has 19 heavy (non-hydrogen) atoms. The quantitative estimate of drug-likeness (QED) is 0.480. The molecule has 0 spiro atoms. The van der Waals surface area contributed by atoms with Gasteiger partial charge in [0.15, 0.2) is 5.43 Å². The third-order valence-corrected chi connectivity index (χ3v) is 2.93. The molecular weight excluding hydrogens is 242 g/mol. The zero-order valence-corrected chi connectivity index (χ0v) is 10.8. The number of nitrogens with one attached hydrogen (secondary N) is 1. The molecule has 2 aromatic rings. The van der Waals surface area contributed by atoms with Gasteiger partial charge in [0.2, 0.25) is 0 Å². The second-order valence-corrected chi connectivity index (χ2v) is 4.37. The SMILES string of the molecule is Cc1ccc(-n2cc(C(=O)NN)c(=O)cc2C)cc1. The van der Waals surface area contributed by atoms with Gasteiger partial charge in [-0.25, -0.2) is 5.84 Å². The minimum Gasteiger partial charge on any atom is -0.320 e. The van der Waals surface area contributed by atoms with Crippen LogP contribution in [0.5, 0.6) is 0 Å². The standard InChI is InChI=1S/C14H15N3O2/c1-9-3-5-11(6-4-9)17-8-12(14(19)16-15)13(18)7-10(17)2/h3-8H,15H2,1-2H3,(H,16,19). The van der Waals surface area contributed by atoms with Gasteiger partial charge in [-0.2, -0.15) is 0 Å². The van der Waals surface area contributed by atoms with Crippen LogP contribution >= 0.6 is 0 Å². The normalized spacial score (nSPS) is 10.3. The monoisotopic (exact) mass is 257 g/mol. The van der Waals surface area contributed by atoms with Gasteiger partial charge < -0.3 is 4.57 Å². The Morgan fingerprint density at radius 2 is 1.84 bits per heavy atom. The number of rotatable bonds is 2. The van der Waals surface area contributed by atoms with E-state index in [0.717, 1.165) is 16.9 Å². The number of carbonyl (C=O) groups is 1. The first kappa shape index (κ1) is 13.0. The minimum atomic E-state index is -0.592. The third-order valence-electron chi connectivity index (χ3n) is 2.93. The summed E-state index contributed by atoms with van der Waals surface area (Å²) in [5, 5.41) is 0. The van der Waals surface area contributed by atoms with Crippen LogP contribution in [0.1, 0.15) is 21.6 Å². The molecule has 0 aliphatic carbocycles. The van der Waals surface area contributed by atoms with Crippen LogP contribution in [0.3, 0.4) is 0 Å². The van der Waals surface area contributed by atoms with Crippen LogP contribution in [0.25, 0.3) is 5.69 Å². The Hall–Kier alpha value is -2.40. The van der Waals surface area contributed by atoms with E-state index in [9.17, 15) is 9.59 Å². The zero-order valence-electron chi connectivity index (χ0n) is 10.8. The van der Waals surface area contributed by atoms with Gasteiger partial charge in [0.1, 0.15) is 5.56 Å². The molecule has 0 aliphatic rings. The van der Waals surface area contributed by atoms with E-state index in [1.165, 1.54) is 12.3 Å². The fourth-order valence-electron chi connectivity index (χ4n) is 1.86. The second-order valence-electron chi connectivity index (χ2n) is 4.37. The Morgan fingerprint density at radius 3 is 2.42 bits per heavy atom. The molecule has 1 amide bonds. The fraction of sp³-hybridized carbons (Fsp3) is 0.143. The van der Waals surface area contributed by atoms with E-state index >= 15 is 0 Å². The summed E-state index contributed by atoms with van der Waals surface area (Å²) >= 11 is 0. The number of nitrogen functional groups attached to an aromatic ring is 1. The Balaban J connectivity index is 2.60. The lowest BCUT2D eigenvalue weighted by Crippen LogP contribution is -2.34. The number of hydrogen-bond donors (Lipinski definition) is 2. The highest BCUT2D eigenvalue weighted by Gasteiger charge is 2.11. The van der Waals surface area contributed by atoms with Crippen LogP contribution in [-0.2, 0) is 0 Å². The number of aromatic nitrogens is 1. The minimum absolute atomic E-state index is 0.0219. The molecule has 2 rings (SSSR count). The summed E-state index contributed by atoms with van der Waals surface area (Å²) in [5.74, 6) is 4.48. The lowest BCUT2D eigenvalue weighted by atomic mass is 10.2. The summed E-state index contributed by atoms with van der Waals surface area (Å²) in [6, 6.07) is 9.21. The van der Waals surface area contributed by atoms with Gasteiger partial charge in [0.05, 0.1) is 0 Å². The number of hydrazine groups is 1. The van der Waals surface area contributed by atoms with Gasteiger partial charge in [-0.3, -0.25) is 15.0 Å². The highest BCUT2D eigenvalue weighted by Crippen LogP contribution is 2.12. The van der Waals surface area contributed by atoms with Gasteiger partial charge in [0, 0.05) is 23.6 Å². The van der Waals surface area contributed by atoms with Crippen molar-refractivity contribution < 1.29 is 4.79 Å². The van der Waals surface area contributed by atoms with E-state index in [0.29, 0.717) is 0 Å². The van der Waals surface area contributed by atoms with Crippen molar-refractivity contribution >= 4 is 5.91 Å². The highest BCUT2D eigenvalue weighted by atomic mass is 16.2. The fourth-order valence-corrected chi connectivity index (χ4v) is 1.86. The van der Waals surface area contributed by atoms with Gasteiger partial charge in [-0.15, -0.1) is 0 Å². The smallest absolute Gasteiger partial charge is 0.270 e. The molecule has 0 unspecified atom stereocenters. The molecule has 0 fully saturated rings. The van der Waals surface area contributed by atoms with Crippen molar-refractivity contribution in [1.82, 2.24) is 9.99 Å². The van der Waals surface area contributed by atoms with Gasteiger partial charge in [0.25, 0.3) is 5.91 Å². The van der Waals surface area contributed by atoms with Gasteiger partial charge in [-0.05, 0) is 26.0 Å². The Morgan fingerprint density at radius 1 is 1.21 bits per heavy atom. The third kappa shape index (κ3) is 2.56. The molecule has 5 heteroatoms. The molecule has 0 aliphatic heterocycles. The predicted octanol–water partition coefficient (Wildman–Crippen LogP) is 1.06. The molecule has 0 bridgehead atoms. The molecule has 5 nitrogen and oxygen atoms in total. The predicted molar refractivity (Wildman–Crippen MR) is 73.2 cm³/mol. The van der Waals surface area contributed by atoms with E-state index in [4.69, 9.17) is 5.84 Å². The van der Waals surface area contributed by atoms with Crippen LogP contribution in [-0.4, -0.2) is 10.5 Å². The van der Waals surface area contributed by atoms with E-state index < -0.39 is 5.91 Å². The number of benzene rings is 1. The molecule has 0 saturated carbocycles. The molecule has 1 heterocycles. The van der Waals surface area contributed by atoms with Crippen LogP contribution in [0.15, 0.2) is 41.3 Å². The topological polar surface area (TPSA) is 77.1 Å². The summed E-state index contributed by atoms with van der Waals surface area (Å²) in [4.78, 5) is 23.3. The second kappa shape index (κ2) is 5.07. The maximum Gasteiger partial charge on any atom is 0.270 e. The van der Waals surface area contributed by atoms with Crippen molar-refractivity contribution in [2.24, 2.45) is 5.84 Å². The lowest BCUT2D eigenvalue weighted by molar-refractivity contribution is 0.0952. The Bertz CT molecular complexity index is 672. The van der Waals surface area contributed by atoms with Crippen molar-refractivity contribution in [3.8, 4) is 5.69 Å². The summed E-state index contributed by atoms with van der Waals surface area (Å²) in [6.07, 6.45) is 1.50. The van der Waals surface area contributed by atoms with Gasteiger partial charge in [-0.1, -0.05) is 17.7 Å². The van der Waals surface area contributed by atoms with Crippen molar-refractivity contribution in [1.29, 1.82) is 0 Å². The molecule has 0 radical (unpaired) electrons. The molecule has 1 aromatic heterocycles. The first-order valence-electron chi connectivity index (χ1n) is 5.84. The van der Waals surface area contributed by atoms with Crippen molar-refractivity contribution in [3.05, 3.63) is 63.6 Å². The van der Waals surface area contributed by atoms with Crippen molar-refractivity contribution in [2.45, 2.75) is 13.8 Å². The lowest BCUT2D eigenvalue weighted by Gasteiger charge is -2.12. The maximum absolute atomic E-state index is 11.7. The van der Waals surface area contributed by atoms with Crippen LogP contribution < -0.4 is 16.7 Å². The number of hydrogen-bond acceptors (Lipinski definition) is 3. The van der Waals surface area contributed by atoms with E-state index in [1.807, 2.05) is 43.5 Å². The molecule has 0 atom stereocenters. The molecule has 1 aromatic carbocycles. The Labute approximate surface area is 110 Å². The van der Waals surface area contributed by atoms with Crippen molar-refractivity contribution in [2.75, 3.05) is 0 Å². The first-order chi connectivity index (χ1) is 9.02. The van der Waals surface area contributed by atoms with Crippen molar-refractivity contribution in [3.63, 3.8) is 0 Å². The highest BCUT2D eigenvalue weighted by molar-refractivity contribution is 5.93. The average Bonchev–Trinajstić information content (AvgIpc) is 2.39. The average molecular weight is 257 g/mol. The van der Waals surface area contributed by atoms with E-state index in [2.05, 4.69) is 0 Å². The van der Waals surface area contributed by atoms with E-state index in [1.54, 1.807) is 4.57 Å². The zero-order chi connectivity index (χ0) is 14.0. The summed E-state index contributed by atoms with van der Waals surface area (Å²) < 4.78 is 1.78.